The third kappa shape index (κ3) is 8.84. The first-order chi connectivity index (χ1) is 11.1. The van der Waals surface area contributed by atoms with E-state index in [0.717, 1.165) is 38.7 Å². The molecule has 1 aromatic rings. The lowest BCUT2D eigenvalue weighted by atomic mass is 10.1. The third-order valence-corrected chi connectivity index (χ3v) is 3.46. The number of likely N-dealkylation sites (N-methyl/N-ethyl adjacent to an activating group) is 1. The molecule has 0 saturated carbocycles. The van der Waals surface area contributed by atoms with E-state index in [0.29, 0.717) is 6.54 Å². The second kappa shape index (κ2) is 13.4. The van der Waals surface area contributed by atoms with Gasteiger partial charge in [0.15, 0.2) is 5.96 Å². The number of nitrogens with one attached hydrogen (secondary N) is 2. The van der Waals surface area contributed by atoms with Crippen molar-refractivity contribution in [3.63, 3.8) is 0 Å². The van der Waals surface area contributed by atoms with E-state index in [1.165, 1.54) is 5.56 Å². The van der Waals surface area contributed by atoms with Crippen LogP contribution in [0.25, 0.3) is 0 Å². The van der Waals surface area contributed by atoms with E-state index >= 15 is 0 Å². The highest BCUT2D eigenvalue weighted by atomic mass is 127. The van der Waals surface area contributed by atoms with E-state index in [1.807, 2.05) is 31.0 Å². The summed E-state index contributed by atoms with van der Waals surface area (Å²) >= 11 is 0. The van der Waals surface area contributed by atoms with Crippen molar-refractivity contribution in [1.82, 2.24) is 25.3 Å². The van der Waals surface area contributed by atoms with Crippen LogP contribution in [0, 0.1) is 0 Å². The fraction of sp³-hybridized carbons (Fsp3) is 0.750. The Hall–Kier alpha value is -0.870. The molecule has 0 amide bonds. The van der Waals surface area contributed by atoms with Crippen LogP contribution < -0.4 is 10.6 Å². The fourth-order valence-corrected chi connectivity index (χ4v) is 2.22. The van der Waals surface area contributed by atoms with Crippen LogP contribution in [0.4, 0.5) is 0 Å². The summed E-state index contributed by atoms with van der Waals surface area (Å²) in [6, 6.07) is 0.211. The van der Waals surface area contributed by atoms with Crippen LogP contribution in [0.5, 0.6) is 0 Å². The SMILES string of the molecule is CCNC(=NCC(c1cnn(C)c1)N(C)C)NCCCOCC.I. The number of aliphatic imine (C=N–C) groups is 1. The molecule has 0 aliphatic carbocycles. The summed E-state index contributed by atoms with van der Waals surface area (Å²) in [6.07, 6.45) is 4.92. The number of aryl methyl sites for hydroxylation is 1. The van der Waals surface area contributed by atoms with Crippen LogP contribution in [-0.2, 0) is 11.8 Å². The molecule has 2 N–H and O–H groups in total. The van der Waals surface area contributed by atoms with Crippen molar-refractivity contribution in [3.8, 4) is 0 Å². The minimum absolute atomic E-state index is 0. The Balaban J connectivity index is 0.00000529. The highest BCUT2D eigenvalue weighted by Crippen LogP contribution is 2.17. The van der Waals surface area contributed by atoms with Gasteiger partial charge in [-0.25, -0.2) is 0 Å². The Morgan fingerprint density at radius 2 is 2.12 bits per heavy atom. The summed E-state index contributed by atoms with van der Waals surface area (Å²) in [6.45, 7) is 8.01. The zero-order valence-electron chi connectivity index (χ0n) is 15.6. The van der Waals surface area contributed by atoms with Gasteiger partial charge in [0.05, 0.1) is 18.8 Å². The molecule has 0 radical (unpaired) electrons. The highest BCUT2D eigenvalue weighted by Gasteiger charge is 2.15. The molecule has 0 aliphatic rings. The van der Waals surface area contributed by atoms with Gasteiger partial charge >= 0.3 is 0 Å². The number of rotatable bonds is 10. The molecule has 1 unspecified atom stereocenters. The first-order valence-corrected chi connectivity index (χ1v) is 8.33. The lowest BCUT2D eigenvalue weighted by molar-refractivity contribution is 0.145. The van der Waals surface area contributed by atoms with E-state index in [1.54, 1.807) is 0 Å². The summed E-state index contributed by atoms with van der Waals surface area (Å²) in [5.74, 6) is 0.847. The monoisotopic (exact) mass is 452 g/mol. The van der Waals surface area contributed by atoms with Crippen molar-refractivity contribution in [1.29, 1.82) is 0 Å². The maximum Gasteiger partial charge on any atom is 0.191 e. The van der Waals surface area contributed by atoms with Gasteiger partial charge in [0.1, 0.15) is 0 Å². The molecule has 0 spiro atoms. The Morgan fingerprint density at radius 1 is 1.38 bits per heavy atom. The molecule has 24 heavy (non-hydrogen) atoms. The van der Waals surface area contributed by atoms with Crippen LogP contribution >= 0.6 is 24.0 Å². The smallest absolute Gasteiger partial charge is 0.191 e. The normalized spacial score (nSPS) is 12.8. The number of hydrogen-bond donors (Lipinski definition) is 2. The first kappa shape index (κ1) is 23.1. The third-order valence-electron chi connectivity index (χ3n) is 3.46. The van der Waals surface area contributed by atoms with E-state index in [4.69, 9.17) is 9.73 Å². The molecule has 0 saturated heterocycles. The molecule has 0 fully saturated rings. The number of ether oxygens (including phenoxy) is 1. The summed E-state index contributed by atoms with van der Waals surface area (Å²) < 4.78 is 7.18. The van der Waals surface area contributed by atoms with Crippen LogP contribution in [0.15, 0.2) is 17.4 Å². The number of halogens is 1. The highest BCUT2D eigenvalue weighted by molar-refractivity contribution is 14.0. The summed E-state index contributed by atoms with van der Waals surface area (Å²) in [5, 5.41) is 10.9. The van der Waals surface area contributed by atoms with Gasteiger partial charge in [-0.1, -0.05) is 0 Å². The molecule has 8 heteroatoms. The van der Waals surface area contributed by atoms with Gasteiger partial charge in [-0.3, -0.25) is 9.67 Å². The molecule has 1 atom stereocenters. The van der Waals surface area contributed by atoms with Crippen molar-refractivity contribution < 1.29 is 4.74 Å². The second-order valence-corrected chi connectivity index (χ2v) is 5.62. The number of aromatic nitrogens is 2. The predicted octanol–water partition coefficient (Wildman–Crippen LogP) is 1.62. The largest absolute Gasteiger partial charge is 0.382 e. The van der Waals surface area contributed by atoms with Crippen molar-refractivity contribution in [2.45, 2.75) is 26.3 Å². The standard InChI is InChI=1S/C16H32N6O.HI/c1-6-17-16(18-9-8-10-23-7-2)19-12-15(21(3)4)14-11-20-22(5)13-14;/h11,13,15H,6-10,12H2,1-5H3,(H2,17,18,19);1H. The zero-order chi connectivity index (χ0) is 17.1. The summed E-state index contributed by atoms with van der Waals surface area (Å²) in [5.41, 5.74) is 1.17. The van der Waals surface area contributed by atoms with Crippen LogP contribution in [0.1, 0.15) is 31.9 Å². The van der Waals surface area contributed by atoms with Gasteiger partial charge in [-0.05, 0) is 34.4 Å². The van der Waals surface area contributed by atoms with E-state index in [2.05, 4.69) is 41.7 Å². The molecular weight excluding hydrogens is 419 g/mol. The Bertz CT molecular complexity index is 463. The average molecular weight is 452 g/mol. The lowest BCUT2D eigenvalue weighted by Crippen LogP contribution is -2.38. The molecule has 1 aromatic heterocycles. The van der Waals surface area contributed by atoms with Crippen molar-refractivity contribution in [2.75, 3.05) is 46.9 Å². The van der Waals surface area contributed by atoms with E-state index in [-0.39, 0.29) is 30.0 Å². The maximum absolute atomic E-state index is 5.35. The average Bonchev–Trinajstić information content (AvgIpc) is 2.93. The molecule has 140 valence electrons. The van der Waals surface area contributed by atoms with E-state index in [9.17, 15) is 0 Å². The topological polar surface area (TPSA) is 66.7 Å². The summed E-state index contributed by atoms with van der Waals surface area (Å²) in [4.78, 5) is 6.88. The Kier molecular flexibility index (Phi) is 12.9. The van der Waals surface area contributed by atoms with Crippen LogP contribution in [-0.4, -0.2) is 67.6 Å². The first-order valence-electron chi connectivity index (χ1n) is 8.33. The van der Waals surface area contributed by atoms with Gasteiger partial charge < -0.3 is 20.3 Å². The molecule has 1 rings (SSSR count). The van der Waals surface area contributed by atoms with Gasteiger partial charge in [0, 0.05) is 45.1 Å². The van der Waals surface area contributed by atoms with Gasteiger partial charge in [0.25, 0.3) is 0 Å². The quantitative estimate of drug-likeness (QED) is 0.245. The minimum atomic E-state index is 0. The molecular formula is C16H33IN6O. The molecule has 7 nitrogen and oxygen atoms in total. The van der Waals surface area contributed by atoms with Gasteiger partial charge in [-0.15, -0.1) is 24.0 Å². The lowest BCUT2D eigenvalue weighted by Gasteiger charge is -2.22. The Labute approximate surface area is 163 Å². The van der Waals surface area contributed by atoms with Crippen molar-refractivity contribution in [2.24, 2.45) is 12.0 Å². The fourth-order valence-electron chi connectivity index (χ4n) is 2.22. The molecule has 0 bridgehead atoms. The predicted molar refractivity (Wildman–Crippen MR) is 110 cm³/mol. The van der Waals surface area contributed by atoms with Crippen molar-refractivity contribution >= 4 is 29.9 Å². The van der Waals surface area contributed by atoms with E-state index < -0.39 is 0 Å². The molecule has 0 aromatic carbocycles. The zero-order valence-corrected chi connectivity index (χ0v) is 17.9. The maximum atomic E-state index is 5.35. The van der Waals surface area contributed by atoms with Crippen molar-refractivity contribution in [3.05, 3.63) is 18.0 Å². The summed E-state index contributed by atoms with van der Waals surface area (Å²) in [7, 11) is 6.06. The number of hydrogen-bond acceptors (Lipinski definition) is 4. The number of guanidine groups is 1. The van der Waals surface area contributed by atoms with Crippen LogP contribution in [0.2, 0.25) is 0 Å². The molecule has 0 aliphatic heterocycles. The molecule has 1 heterocycles. The minimum Gasteiger partial charge on any atom is -0.382 e. The van der Waals surface area contributed by atoms with Crippen LogP contribution in [0.3, 0.4) is 0 Å². The second-order valence-electron chi connectivity index (χ2n) is 5.62. The Morgan fingerprint density at radius 3 is 2.67 bits per heavy atom. The van der Waals surface area contributed by atoms with Gasteiger partial charge in [-0.2, -0.15) is 5.10 Å². The number of nitrogens with zero attached hydrogens (tertiary/aromatic N) is 4. The van der Waals surface area contributed by atoms with Gasteiger partial charge in [0.2, 0.25) is 0 Å².